The molecule has 3 aromatic rings. The first-order chi connectivity index (χ1) is 15.0. The van der Waals surface area contributed by atoms with E-state index in [1.807, 2.05) is 32.9 Å². The summed E-state index contributed by atoms with van der Waals surface area (Å²) >= 11 is 0. The highest BCUT2D eigenvalue weighted by Crippen LogP contribution is 2.51. The molecule has 2 aliphatic rings. The molecule has 164 valence electrons. The Hall–Kier alpha value is -3.28. The number of allylic oxidation sites excluding steroid dienone is 1. The van der Waals surface area contributed by atoms with E-state index in [2.05, 4.69) is 11.4 Å². The van der Waals surface area contributed by atoms with Gasteiger partial charge in [-0.05, 0) is 73.9 Å². The van der Waals surface area contributed by atoms with Crippen LogP contribution in [0.1, 0.15) is 49.1 Å². The lowest BCUT2D eigenvalue weighted by Crippen LogP contribution is -2.32. The molecule has 3 aromatic carbocycles. The van der Waals surface area contributed by atoms with E-state index in [-0.39, 0.29) is 5.54 Å². The molecule has 0 amide bonds. The second-order valence-electron chi connectivity index (χ2n) is 8.88. The van der Waals surface area contributed by atoms with Gasteiger partial charge in [0.2, 0.25) is 0 Å². The summed E-state index contributed by atoms with van der Waals surface area (Å²) in [4.78, 5) is 0. The highest BCUT2D eigenvalue weighted by Gasteiger charge is 2.36. The fourth-order valence-corrected chi connectivity index (χ4v) is 4.77. The van der Waals surface area contributed by atoms with Crippen LogP contribution in [0, 0.1) is 5.82 Å². The van der Waals surface area contributed by atoms with Gasteiger partial charge in [-0.3, -0.25) is 0 Å². The second kappa shape index (κ2) is 6.86. The summed E-state index contributed by atoms with van der Waals surface area (Å²) in [6.45, 7) is 6.07. The first kappa shape index (κ1) is 20.6. The quantitative estimate of drug-likeness (QED) is 0.394. The number of hydrogen-bond donors (Lipinski definition) is 1. The van der Waals surface area contributed by atoms with Crippen LogP contribution >= 0.6 is 0 Å². The third kappa shape index (κ3) is 3.34. The van der Waals surface area contributed by atoms with Gasteiger partial charge in [0.05, 0.1) is 11.1 Å². The van der Waals surface area contributed by atoms with Crippen LogP contribution in [0.2, 0.25) is 0 Å². The maximum atomic E-state index is 14.1. The molecule has 0 radical (unpaired) electrons. The average molecular weight is 439 g/mol. The summed E-state index contributed by atoms with van der Waals surface area (Å²) in [5.74, 6) is 0.0343. The van der Waals surface area contributed by atoms with Crippen molar-refractivity contribution in [3.63, 3.8) is 0 Å². The molecule has 2 aliphatic heterocycles. The Morgan fingerprint density at radius 1 is 0.969 bits per heavy atom. The monoisotopic (exact) mass is 439 g/mol. The summed E-state index contributed by atoms with van der Waals surface area (Å²) in [5, 5.41) is 3.47. The van der Waals surface area contributed by atoms with Gasteiger partial charge in [-0.1, -0.05) is 24.3 Å². The minimum atomic E-state index is -4.47. The molecule has 0 aromatic heterocycles. The molecule has 1 N–H and O–H groups in total. The van der Waals surface area contributed by atoms with Crippen LogP contribution in [0.15, 0.2) is 60.7 Å². The minimum Gasteiger partial charge on any atom is -0.480 e. The lowest BCUT2D eigenvalue weighted by atomic mass is 9.80. The first-order valence-electron chi connectivity index (χ1n) is 10.3. The maximum Gasteiger partial charge on any atom is 0.416 e. The normalized spacial score (nSPS) is 18.5. The van der Waals surface area contributed by atoms with Crippen LogP contribution in [0.4, 0.5) is 23.2 Å². The van der Waals surface area contributed by atoms with E-state index in [4.69, 9.17) is 4.74 Å². The van der Waals surface area contributed by atoms with Gasteiger partial charge < -0.3 is 10.1 Å². The van der Waals surface area contributed by atoms with Crippen molar-refractivity contribution in [1.82, 2.24) is 0 Å². The van der Waals surface area contributed by atoms with Gasteiger partial charge in [-0.15, -0.1) is 0 Å². The van der Waals surface area contributed by atoms with Gasteiger partial charge in [0.15, 0.2) is 6.10 Å². The van der Waals surface area contributed by atoms with Gasteiger partial charge in [-0.25, -0.2) is 4.39 Å². The SMILES string of the molecule is CC1=CC(C)(C)Nc2ccc3c(c21)C(c1cccc(C(F)(F)F)c1)Oc1ccc(F)cc1-3. The van der Waals surface area contributed by atoms with E-state index in [1.54, 1.807) is 6.07 Å². The van der Waals surface area contributed by atoms with Gasteiger partial charge >= 0.3 is 6.18 Å². The number of hydrogen-bond acceptors (Lipinski definition) is 2. The van der Waals surface area contributed by atoms with Crippen LogP contribution in [0.5, 0.6) is 5.75 Å². The molecule has 0 fully saturated rings. The predicted octanol–water partition coefficient (Wildman–Crippen LogP) is 7.60. The lowest BCUT2D eigenvalue weighted by molar-refractivity contribution is -0.137. The summed E-state index contributed by atoms with van der Waals surface area (Å²) in [6, 6.07) is 13.2. The minimum absolute atomic E-state index is 0.281. The predicted molar refractivity (Wildman–Crippen MR) is 117 cm³/mol. The number of rotatable bonds is 1. The number of fused-ring (bicyclic) bond motifs is 5. The molecule has 32 heavy (non-hydrogen) atoms. The van der Waals surface area contributed by atoms with Crippen LogP contribution in [-0.4, -0.2) is 5.54 Å². The van der Waals surface area contributed by atoms with E-state index >= 15 is 0 Å². The number of alkyl halides is 3. The molecule has 0 saturated carbocycles. The molecule has 5 rings (SSSR count). The van der Waals surface area contributed by atoms with Crippen molar-refractivity contribution in [1.29, 1.82) is 0 Å². The highest BCUT2D eigenvalue weighted by atomic mass is 19.4. The Labute approximate surface area is 183 Å². The van der Waals surface area contributed by atoms with Gasteiger partial charge in [0.1, 0.15) is 11.6 Å². The summed E-state index contributed by atoms with van der Waals surface area (Å²) in [7, 11) is 0. The molecule has 0 aliphatic carbocycles. The number of anilines is 1. The number of halogens is 4. The number of nitrogens with one attached hydrogen (secondary N) is 1. The van der Waals surface area contributed by atoms with E-state index in [0.29, 0.717) is 16.9 Å². The van der Waals surface area contributed by atoms with Crippen LogP contribution in [-0.2, 0) is 6.18 Å². The van der Waals surface area contributed by atoms with Crippen molar-refractivity contribution in [3.05, 3.63) is 88.7 Å². The van der Waals surface area contributed by atoms with Crippen LogP contribution in [0.25, 0.3) is 16.7 Å². The summed E-state index contributed by atoms with van der Waals surface area (Å²) in [5.41, 5.74) is 4.18. The van der Waals surface area contributed by atoms with Crippen molar-refractivity contribution >= 4 is 11.3 Å². The smallest absolute Gasteiger partial charge is 0.416 e. The molecule has 2 heterocycles. The largest absolute Gasteiger partial charge is 0.480 e. The standard InChI is InChI=1S/C26H21F4NO/c1-14-13-25(2,3)31-20-9-8-18-19-12-17(27)7-10-21(19)32-24(23(18)22(14)20)15-5-4-6-16(11-15)26(28,29)30/h4-13,24,31H,1-3H3. The van der Waals surface area contributed by atoms with Gasteiger partial charge in [-0.2, -0.15) is 13.2 Å². The molecular formula is C26H21F4NO. The number of benzene rings is 3. The zero-order valence-electron chi connectivity index (χ0n) is 17.8. The van der Waals surface area contributed by atoms with Gasteiger partial charge in [0.25, 0.3) is 0 Å². The zero-order valence-corrected chi connectivity index (χ0v) is 17.8. The molecule has 0 bridgehead atoms. The van der Waals surface area contributed by atoms with E-state index in [0.717, 1.165) is 40.1 Å². The maximum absolute atomic E-state index is 14.1. The Balaban J connectivity index is 1.79. The van der Waals surface area contributed by atoms with E-state index < -0.39 is 23.7 Å². The van der Waals surface area contributed by atoms with E-state index in [9.17, 15) is 17.6 Å². The Bertz CT molecular complexity index is 1270. The third-order valence-corrected chi connectivity index (χ3v) is 5.93. The fourth-order valence-electron chi connectivity index (χ4n) is 4.77. The lowest BCUT2D eigenvalue weighted by Gasteiger charge is -2.37. The molecule has 6 heteroatoms. The molecule has 1 unspecified atom stereocenters. The topological polar surface area (TPSA) is 21.3 Å². The second-order valence-corrected chi connectivity index (χ2v) is 8.88. The fraction of sp³-hybridized carbons (Fsp3) is 0.231. The molecule has 1 atom stereocenters. The van der Waals surface area contributed by atoms with Crippen molar-refractivity contribution in [3.8, 4) is 16.9 Å². The zero-order chi connectivity index (χ0) is 22.8. The summed E-state index contributed by atoms with van der Waals surface area (Å²) in [6.07, 6.45) is -3.15. The van der Waals surface area contributed by atoms with Crippen molar-refractivity contribution < 1.29 is 22.3 Å². The Morgan fingerprint density at radius 3 is 2.50 bits per heavy atom. The van der Waals surface area contributed by atoms with Crippen LogP contribution in [0.3, 0.4) is 0 Å². The Morgan fingerprint density at radius 2 is 1.75 bits per heavy atom. The third-order valence-electron chi connectivity index (χ3n) is 5.93. The van der Waals surface area contributed by atoms with E-state index in [1.165, 1.54) is 24.3 Å². The molecule has 0 saturated heterocycles. The molecular weight excluding hydrogens is 418 g/mol. The van der Waals surface area contributed by atoms with Crippen LogP contribution < -0.4 is 10.1 Å². The number of ether oxygens (including phenoxy) is 1. The summed E-state index contributed by atoms with van der Waals surface area (Å²) < 4.78 is 60.7. The highest BCUT2D eigenvalue weighted by molar-refractivity contribution is 5.90. The Kier molecular flexibility index (Phi) is 4.42. The van der Waals surface area contributed by atoms with Crippen molar-refractivity contribution in [2.24, 2.45) is 0 Å². The van der Waals surface area contributed by atoms with Crippen molar-refractivity contribution in [2.45, 2.75) is 38.6 Å². The first-order valence-corrected chi connectivity index (χ1v) is 10.3. The molecule has 2 nitrogen and oxygen atoms in total. The van der Waals surface area contributed by atoms with Gasteiger partial charge in [0, 0.05) is 22.4 Å². The molecule has 0 spiro atoms. The van der Waals surface area contributed by atoms with Crippen molar-refractivity contribution in [2.75, 3.05) is 5.32 Å². The average Bonchev–Trinajstić information content (AvgIpc) is 2.71.